The lowest BCUT2D eigenvalue weighted by Gasteiger charge is -2.16. The normalized spacial score (nSPS) is 15.6. The minimum Gasteiger partial charge on any atom is -0.478 e. The first kappa shape index (κ1) is 12.4. The van der Waals surface area contributed by atoms with Crippen molar-refractivity contribution >= 4 is 18.0 Å². The average molecular weight is 245 g/mol. The van der Waals surface area contributed by atoms with E-state index in [-0.39, 0.29) is 5.91 Å². The minimum absolute atomic E-state index is 0.173. The Labute approximate surface area is 106 Å². The number of carboxylic acid groups (broad SMARTS) is 1. The first-order chi connectivity index (χ1) is 8.66. The number of nitrogens with zero attached hydrogens (tertiary/aromatic N) is 1. The molecular formula is C14H15NO3. The summed E-state index contributed by atoms with van der Waals surface area (Å²) < 4.78 is 0. The standard InChI is InChI=1S/C14H15NO3/c16-13-6-3-9-15(13)10-12-5-2-1-4-11(12)7-8-14(17)18/h1-2,4-5,7-8H,3,6,9-10H2,(H,17,18)/b8-7+. The summed E-state index contributed by atoms with van der Waals surface area (Å²) in [4.78, 5) is 23.9. The van der Waals surface area contributed by atoms with Crippen molar-refractivity contribution in [2.75, 3.05) is 6.54 Å². The topological polar surface area (TPSA) is 57.6 Å². The fraction of sp³-hybridized carbons (Fsp3) is 0.286. The lowest BCUT2D eigenvalue weighted by atomic mass is 10.1. The van der Waals surface area contributed by atoms with Crippen LogP contribution in [0.15, 0.2) is 30.3 Å². The second-order valence-electron chi connectivity index (χ2n) is 4.29. The van der Waals surface area contributed by atoms with Crippen molar-refractivity contribution in [3.8, 4) is 0 Å². The zero-order valence-electron chi connectivity index (χ0n) is 10.0. The summed E-state index contributed by atoms with van der Waals surface area (Å²) in [6, 6.07) is 7.53. The van der Waals surface area contributed by atoms with E-state index in [9.17, 15) is 9.59 Å². The van der Waals surface area contributed by atoms with Crippen LogP contribution in [0.1, 0.15) is 24.0 Å². The number of likely N-dealkylation sites (tertiary alicyclic amines) is 1. The molecule has 1 fully saturated rings. The Hall–Kier alpha value is -2.10. The van der Waals surface area contributed by atoms with Gasteiger partial charge in [-0.3, -0.25) is 4.79 Å². The van der Waals surface area contributed by atoms with Gasteiger partial charge >= 0.3 is 5.97 Å². The van der Waals surface area contributed by atoms with E-state index in [0.29, 0.717) is 13.0 Å². The van der Waals surface area contributed by atoms with Gasteiger partial charge in [0, 0.05) is 25.6 Å². The van der Waals surface area contributed by atoms with E-state index in [2.05, 4.69) is 0 Å². The molecule has 0 aromatic heterocycles. The SMILES string of the molecule is O=C(O)/C=C/c1ccccc1CN1CCCC1=O. The predicted molar refractivity (Wildman–Crippen MR) is 67.8 cm³/mol. The number of aliphatic carboxylic acids is 1. The number of carbonyl (C=O) groups excluding carboxylic acids is 1. The fourth-order valence-electron chi connectivity index (χ4n) is 2.08. The highest BCUT2D eigenvalue weighted by molar-refractivity contribution is 5.85. The molecule has 1 heterocycles. The van der Waals surface area contributed by atoms with E-state index in [1.165, 1.54) is 0 Å². The zero-order valence-corrected chi connectivity index (χ0v) is 10.0. The van der Waals surface area contributed by atoms with Crippen molar-refractivity contribution < 1.29 is 14.7 Å². The largest absolute Gasteiger partial charge is 0.478 e. The van der Waals surface area contributed by atoms with Gasteiger partial charge in [-0.25, -0.2) is 4.79 Å². The minimum atomic E-state index is -0.970. The summed E-state index contributed by atoms with van der Waals surface area (Å²) in [5.74, 6) is -0.797. The van der Waals surface area contributed by atoms with Gasteiger partial charge in [-0.1, -0.05) is 24.3 Å². The van der Waals surface area contributed by atoms with Crippen LogP contribution >= 0.6 is 0 Å². The maximum atomic E-state index is 11.6. The second kappa shape index (κ2) is 5.49. The third kappa shape index (κ3) is 2.97. The van der Waals surface area contributed by atoms with Crippen LogP contribution in [0.2, 0.25) is 0 Å². The molecule has 2 rings (SSSR count). The molecule has 0 atom stereocenters. The highest BCUT2D eigenvalue weighted by Crippen LogP contribution is 2.18. The Morgan fingerprint density at radius 3 is 2.83 bits per heavy atom. The predicted octanol–water partition coefficient (Wildman–Crippen LogP) is 1.91. The molecule has 1 N–H and O–H groups in total. The van der Waals surface area contributed by atoms with E-state index >= 15 is 0 Å². The van der Waals surface area contributed by atoms with Crippen LogP contribution in [0, 0.1) is 0 Å². The lowest BCUT2D eigenvalue weighted by molar-refractivity contribution is -0.131. The monoisotopic (exact) mass is 245 g/mol. The molecule has 1 aliphatic rings. The van der Waals surface area contributed by atoms with Gasteiger partial charge in [-0.2, -0.15) is 0 Å². The highest BCUT2D eigenvalue weighted by atomic mass is 16.4. The van der Waals surface area contributed by atoms with E-state index < -0.39 is 5.97 Å². The smallest absolute Gasteiger partial charge is 0.328 e. The summed E-state index contributed by atoms with van der Waals surface area (Å²) in [5.41, 5.74) is 1.82. The van der Waals surface area contributed by atoms with Crippen molar-refractivity contribution in [3.05, 3.63) is 41.5 Å². The molecule has 1 aromatic carbocycles. The van der Waals surface area contributed by atoms with Crippen LogP contribution < -0.4 is 0 Å². The van der Waals surface area contributed by atoms with E-state index in [1.54, 1.807) is 6.08 Å². The van der Waals surface area contributed by atoms with Gasteiger partial charge in [0.05, 0.1) is 0 Å². The molecule has 0 radical (unpaired) electrons. The zero-order chi connectivity index (χ0) is 13.0. The van der Waals surface area contributed by atoms with E-state index in [0.717, 1.165) is 30.2 Å². The Morgan fingerprint density at radius 2 is 2.17 bits per heavy atom. The molecule has 1 saturated heterocycles. The van der Waals surface area contributed by atoms with Crippen LogP contribution in [-0.2, 0) is 16.1 Å². The third-order valence-corrected chi connectivity index (χ3v) is 2.99. The number of carbonyl (C=O) groups is 2. The Kier molecular flexibility index (Phi) is 3.77. The molecule has 0 unspecified atom stereocenters. The molecule has 1 aliphatic heterocycles. The summed E-state index contributed by atoms with van der Waals surface area (Å²) in [7, 11) is 0. The van der Waals surface area contributed by atoms with Gasteiger partial charge in [-0.05, 0) is 23.6 Å². The quantitative estimate of drug-likeness (QED) is 0.824. The van der Waals surface area contributed by atoms with E-state index in [4.69, 9.17) is 5.11 Å². The lowest BCUT2D eigenvalue weighted by Crippen LogP contribution is -2.24. The molecule has 1 aromatic rings. The highest BCUT2D eigenvalue weighted by Gasteiger charge is 2.20. The van der Waals surface area contributed by atoms with E-state index in [1.807, 2.05) is 29.2 Å². The maximum absolute atomic E-state index is 11.6. The summed E-state index contributed by atoms with van der Waals surface area (Å²) >= 11 is 0. The molecule has 0 spiro atoms. The van der Waals surface area contributed by atoms with Crippen molar-refractivity contribution in [2.24, 2.45) is 0 Å². The molecule has 0 saturated carbocycles. The molecule has 94 valence electrons. The van der Waals surface area contributed by atoms with Gasteiger partial charge in [0.1, 0.15) is 0 Å². The molecule has 18 heavy (non-hydrogen) atoms. The number of carboxylic acids is 1. The van der Waals surface area contributed by atoms with Gasteiger partial charge < -0.3 is 10.0 Å². The molecule has 1 amide bonds. The Morgan fingerprint density at radius 1 is 1.39 bits per heavy atom. The van der Waals surface area contributed by atoms with Crippen molar-refractivity contribution in [3.63, 3.8) is 0 Å². The second-order valence-corrected chi connectivity index (χ2v) is 4.29. The van der Waals surface area contributed by atoms with Crippen molar-refractivity contribution in [2.45, 2.75) is 19.4 Å². The molecule has 0 bridgehead atoms. The van der Waals surface area contributed by atoms with Crippen LogP contribution in [0.4, 0.5) is 0 Å². The van der Waals surface area contributed by atoms with Gasteiger partial charge in [0.15, 0.2) is 0 Å². The Bertz CT molecular complexity index is 494. The molecule has 4 heteroatoms. The number of rotatable bonds is 4. The molecule has 4 nitrogen and oxygen atoms in total. The first-order valence-corrected chi connectivity index (χ1v) is 5.93. The van der Waals surface area contributed by atoms with Gasteiger partial charge in [-0.15, -0.1) is 0 Å². The summed E-state index contributed by atoms with van der Waals surface area (Å²) in [5, 5.41) is 8.64. The summed E-state index contributed by atoms with van der Waals surface area (Å²) in [6.07, 6.45) is 4.21. The fourth-order valence-corrected chi connectivity index (χ4v) is 2.08. The number of benzene rings is 1. The molecular weight excluding hydrogens is 230 g/mol. The van der Waals surface area contributed by atoms with Crippen LogP contribution in [0.3, 0.4) is 0 Å². The van der Waals surface area contributed by atoms with Crippen molar-refractivity contribution in [1.82, 2.24) is 4.90 Å². The number of hydrogen-bond donors (Lipinski definition) is 1. The van der Waals surface area contributed by atoms with Crippen LogP contribution in [0.5, 0.6) is 0 Å². The van der Waals surface area contributed by atoms with Crippen molar-refractivity contribution in [1.29, 1.82) is 0 Å². The van der Waals surface area contributed by atoms with Crippen LogP contribution in [0.25, 0.3) is 6.08 Å². The number of hydrogen-bond acceptors (Lipinski definition) is 2. The average Bonchev–Trinajstić information content (AvgIpc) is 2.74. The third-order valence-electron chi connectivity index (χ3n) is 2.99. The van der Waals surface area contributed by atoms with Gasteiger partial charge in [0.25, 0.3) is 0 Å². The van der Waals surface area contributed by atoms with Crippen LogP contribution in [-0.4, -0.2) is 28.4 Å². The Balaban J connectivity index is 2.16. The molecule has 0 aliphatic carbocycles. The maximum Gasteiger partial charge on any atom is 0.328 e. The number of amides is 1. The summed E-state index contributed by atoms with van der Waals surface area (Å²) in [6.45, 7) is 1.34. The first-order valence-electron chi connectivity index (χ1n) is 5.93. The van der Waals surface area contributed by atoms with Gasteiger partial charge in [0.2, 0.25) is 5.91 Å².